The van der Waals surface area contributed by atoms with Crippen molar-refractivity contribution in [3.05, 3.63) is 0 Å². The molecule has 5 N–H and O–H groups in total. The summed E-state index contributed by atoms with van der Waals surface area (Å²) >= 11 is 0. The van der Waals surface area contributed by atoms with Gasteiger partial charge in [0, 0.05) is 12.6 Å². The van der Waals surface area contributed by atoms with E-state index < -0.39 is 42.2 Å². The molecule has 1 heterocycles. The van der Waals surface area contributed by atoms with E-state index in [0.29, 0.717) is 24.2 Å². The highest BCUT2D eigenvalue weighted by atomic mass is 16.7. The van der Waals surface area contributed by atoms with E-state index in [2.05, 4.69) is 13.8 Å². The molecule has 0 aromatic rings. The normalized spacial score (nSPS) is 56.1. The van der Waals surface area contributed by atoms with Crippen LogP contribution in [0, 0.1) is 34.5 Å². The lowest BCUT2D eigenvalue weighted by atomic mass is 9.42. The van der Waals surface area contributed by atoms with Crippen molar-refractivity contribution in [3.63, 3.8) is 0 Å². The van der Waals surface area contributed by atoms with Crippen LogP contribution in [0.2, 0.25) is 0 Å². The Bertz CT molecular complexity index is 825. The van der Waals surface area contributed by atoms with E-state index in [0.717, 1.165) is 51.4 Å². The largest absolute Gasteiger partial charge is 0.481 e. The zero-order valence-electron chi connectivity index (χ0n) is 21.7. The van der Waals surface area contributed by atoms with Gasteiger partial charge in [-0.05, 0) is 93.3 Å². The third-order valence-corrected chi connectivity index (χ3v) is 11.6. The maximum absolute atomic E-state index is 12.0. The molecule has 200 valence electrons. The molecule has 5 rings (SSSR count). The third-order valence-electron chi connectivity index (χ3n) is 11.6. The molecular weight excluding hydrogens is 450 g/mol. The summed E-state index contributed by atoms with van der Waals surface area (Å²) in [5, 5.41) is 30.5. The number of aliphatic carboxylic acids is 1. The molecule has 1 saturated heterocycles. The predicted octanol–water partition coefficient (Wildman–Crippen LogP) is 2.68. The highest BCUT2D eigenvalue weighted by Gasteiger charge is 2.67. The third kappa shape index (κ3) is 3.73. The first-order chi connectivity index (χ1) is 16.5. The molecule has 5 aliphatic rings. The minimum Gasteiger partial charge on any atom is -0.481 e. The van der Waals surface area contributed by atoms with Gasteiger partial charge >= 0.3 is 5.97 Å². The number of carboxylic acid groups (broad SMARTS) is 1. The standard InChI is InChI=1S/C27H45NO7/c1-14-20(29)21(30)22(33-4)24(34-14)35-16-7-10-25(2)15(13-16)5-6-18-17(25)8-11-26(3)19(23(31)32)9-12-27(18,26)28/h14-22,24,29-30H,5-13,28H2,1-4H3,(H,31,32)/t14-,15+,16-,17-,18+,19+,20-,21+,22+,24-,25-,26+,27-/m0/s1. The number of carbonyl (C=O) groups is 1. The number of aliphatic hydroxyl groups excluding tert-OH is 2. The molecule has 0 aromatic carbocycles. The minimum absolute atomic E-state index is 0.0190. The molecule has 0 spiro atoms. The SMILES string of the molecule is CO[C@H]1[C@H](O[C@H]2CC[C@@]3(C)[C@H](CC[C@@H]4[C@@H]3CC[C@]3(C)[C@@H](C(=O)O)CC[C@]43N)C2)O[C@@H](C)[C@H](O)[C@H]1O. The van der Waals surface area contributed by atoms with E-state index in [1.54, 1.807) is 6.92 Å². The molecule has 1 aliphatic heterocycles. The first kappa shape index (κ1) is 25.9. The molecule has 4 aliphatic carbocycles. The van der Waals surface area contributed by atoms with Crippen molar-refractivity contribution in [2.24, 2.45) is 40.2 Å². The fourth-order valence-corrected chi connectivity index (χ4v) is 9.36. The van der Waals surface area contributed by atoms with E-state index in [-0.39, 0.29) is 22.9 Å². The maximum Gasteiger partial charge on any atom is 0.307 e. The average Bonchev–Trinajstić information content (AvgIpc) is 3.09. The number of hydrogen-bond donors (Lipinski definition) is 4. The number of ether oxygens (including phenoxy) is 3. The summed E-state index contributed by atoms with van der Waals surface area (Å²) in [7, 11) is 1.51. The number of carboxylic acids is 1. The summed E-state index contributed by atoms with van der Waals surface area (Å²) in [4.78, 5) is 12.0. The molecule has 35 heavy (non-hydrogen) atoms. The summed E-state index contributed by atoms with van der Waals surface area (Å²) in [6, 6.07) is 0. The second-order valence-electron chi connectivity index (χ2n) is 12.8. The zero-order valence-corrected chi connectivity index (χ0v) is 21.7. The molecule has 8 heteroatoms. The highest BCUT2D eigenvalue weighted by molar-refractivity contribution is 5.72. The van der Waals surface area contributed by atoms with Crippen LogP contribution in [-0.2, 0) is 19.0 Å². The summed E-state index contributed by atoms with van der Waals surface area (Å²) < 4.78 is 17.7. The monoisotopic (exact) mass is 495 g/mol. The van der Waals surface area contributed by atoms with Gasteiger partial charge in [-0.1, -0.05) is 13.8 Å². The van der Waals surface area contributed by atoms with Crippen LogP contribution in [0.3, 0.4) is 0 Å². The number of rotatable bonds is 4. The Labute approximate surface area is 208 Å². The van der Waals surface area contributed by atoms with E-state index in [1.165, 1.54) is 7.11 Å². The van der Waals surface area contributed by atoms with E-state index in [1.807, 2.05) is 0 Å². The van der Waals surface area contributed by atoms with E-state index >= 15 is 0 Å². The van der Waals surface area contributed by atoms with Crippen molar-refractivity contribution in [1.29, 1.82) is 0 Å². The molecule has 0 amide bonds. The summed E-state index contributed by atoms with van der Waals surface area (Å²) in [6.07, 6.45) is 4.53. The van der Waals surface area contributed by atoms with Gasteiger partial charge in [0.1, 0.15) is 18.3 Å². The molecule has 13 atom stereocenters. The lowest BCUT2D eigenvalue weighted by molar-refractivity contribution is -0.314. The Morgan fingerprint density at radius 2 is 1.74 bits per heavy atom. The Morgan fingerprint density at radius 3 is 2.43 bits per heavy atom. The summed E-state index contributed by atoms with van der Waals surface area (Å²) in [5.74, 6) is 0.402. The fraction of sp³-hybridized carbons (Fsp3) is 0.963. The molecule has 0 bridgehead atoms. The average molecular weight is 496 g/mol. The zero-order chi connectivity index (χ0) is 25.3. The number of fused-ring (bicyclic) bond motifs is 5. The van der Waals surface area contributed by atoms with Crippen LogP contribution < -0.4 is 5.73 Å². The van der Waals surface area contributed by atoms with Crippen LogP contribution >= 0.6 is 0 Å². The van der Waals surface area contributed by atoms with Crippen molar-refractivity contribution >= 4 is 5.97 Å². The maximum atomic E-state index is 12.0. The van der Waals surface area contributed by atoms with E-state index in [9.17, 15) is 20.1 Å². The lowest BCUT2D eigenvalue weighted by Gasteiger charge is -2.64. The number of aliphatic hydroxyl groups is 2. The predicted molar refractivity (Wildman–Crippen MR) is 128 cm³/mol. The fourth-order valence-electron chi connectivity index (χ4n) is 9.36. The van der Waals surface area contributed by atoms with Crippen LogP contribution in [0.4, 0.5) is 0 Å². The van der Waals surface area contributed by atoms with Crippen molar-refractivity contribution < 1.29 is 34.3 Å². The second kappa shape index (κ2) is 8.91. The van der Waals surface area contributed by atoms with Crippen LogP contribution in [0.1, 0.15) is 78.6 Å². The Kier molecular flexibility index (Phi) is 6.59. The molecule has 5 fully saturated rings. The van der Waals surface area contributed by atoms with Crippen LogP contribution in [0.5, 0.6) is 0 Å². The van der Waals surface area contributed by atoms with Crippen molar-refractivity contribution in [2.75, 3.05) is 7.11 Å². The summed E-state index contributed by atoms with van der Waals surface area (Å²) in [6.45, 7) is 6.33. The second-order valence-corrected chi connectivity index (χ2v) is 12.8. The molecule has 0 aromatic heterocycles. The molecule has 4 saturated carbocycles. The van der Waals surface area contributed by atoms with Gasteiger partial charge in [0.15, 0.2) is 6.29 Å². The van der Waals surface area contributed by atoms with E-state index in [4.69, 9.17) is 19.9 Å². The van der Waals surface area contributed by atoms with Crippen molar-refractivity contribution in [3.8, 4) is 0 Å². The van der Waals surface area contributed by atoms with Gasteiger partial charge in [-0.3, -0.25) is 4.79 Å². The van der Waals surface area contributed by atoms with Crippen LogP contribution in [0.15, 0.2) is 0 Å². The van der Waals surface area contributed by atoms with Gasteiger partial charge in [-0.2, -0.15) is 0 Å². The first-order valence-corrected chi connectivity index (χ1v) is 13.7. The number of methoxy groups -OCH3 is 1. The minimum atomic E-state index is -1.05. The van der Waals surface area contributed by atoms with Crippen LogP contribution in [0.25, 0.3) is 0 Å². The Hall–Kier alpha value is -0.770. The summed E-state index contributed by atoms with van der Waals surface area (Å²) in [5.41, 5.74) is 6.68. The molecular formula is C27H45NO7. The van der Waals surface area contributed by atoms with Gasteiger partial charge < -0.3 is 35.3 Å². The Balaban J connectivity index is 1.29. The van der Waals surface area contributed by atoms with Crippen molar-refractivity contribution in [1.82, 2.24) is 0 Å². The highest BCUT2D eigenvalue weighted by Crippen LogP contribution is 2.68. The van der Waals surface area contributed by atoms with Gasteiger partial charge in [-0.25, -0.2) is 0 Å². The van der Waals surface area contributed by atoms with Gasteiger partial charge in [0.25, 0.3) is 0 Å². The van der Waals surface area contributed by atoms with Crippen LogP contribution in [-0.4, -0.2) is 70.7 Å². The molecule has 0 unspecified atom stereocenters. The molecule has 0 radical (unpaired) electrons. The molecule has 8 nitrogen and oxygen atoms in total. The first-order valence-electron chi connectivity index (χ1n) is 13.7. The van der Waals surface area contributed by atoms with Crippen molar-refractivity contribution in [2.45, 2.75) is 121 Å². The topological polar surface area (TPSA) is 131 Å². The number of nitrogens with two attached hydrogens (primary N) is 1. The number of hydrogen-bond acceptors (Lipinski definition) is 7. The quantitative estimate of drug-likeness (QED) is 0.438. The smallest absolute Gasteiger partial charge is 0.307 e. The Morgan fingerprint density at radius 1 is 1.00 bits per heavy atom. The van der Waals surface area contributed by atoms with Gasteiger partial charge in [0.05, 0.1) is 18.1 Å². The van der Waals surface area contributed by atoms with Gasteiger partial charge in [-0.15, -0.1) is 0 Å². The van der Waals surface area contributed by atoms with Gasteiger partial charge in [0.2, 0.25) is 0 Å². The lowest BCUT2D eigenvalue weighted by Crippen LogP contribution is -2.67.